The van der Waals surface area contributed by atoms with E-state index < -0.39 is 10.0 Å². The fraction of sp³-hybridized carbons (Fsp3) is 0.440. The van der Waals surface area contributed by atoms with Crippen LogP contribution in [0.2, 0.25) is 0 Å². The molecule has 4 rings (SSSR count). The molecule has 0 bridgehead atoms. The minimum atomic E-state index is -3.67. The number of hydrogen-bond acceptors (Lipinski definition) is 5. The van der Waals surface area contributed by atoms with Crippen LogP contribution in [0.5, 0.6) is 0 Å². The Morgan fingerprint density at radius 2 is 1.79 bits per heavy atom. The molecule has 0 aliphatic carbocycles. The van der Waals surface area contributed by atoms with Crippen LogP contribution in [0.4, 0.5) is 5.69 Å². The van der Waals surface area contributed by atoms with Crippen molar-refractivity contribution in [3.05, 3.63) is 54.1 Å². The highest BCUT2D eigenvalue weighted by Crippen LogP contribution is 2.39. The van der Waals surface area contributed by atoms with Crippen LogP contribution < -0.4 is 10.2 Å². The summed E-state index contributed by atoms with van der Waals surface area (Å²) in [5.41, 5.74) is 1.45. The summed E-state index contributed by atoms with van der Waals surface area (Å²) in [6.07, 6.45) is 1.95. The number of carbonyl (C=O) groups is 2. The fourth-order valence-corrected chi connectivity index (χ4v) is 6.85. The number of piperidine rings is 1. The molecule has 9 heteroatoms. The van der Waals surface area contributed by atoms with Crippen molar-refractivity contribution in [2.45, 2.75) is 54.7 Å². The predicted molar refractivity (Wildman–Crippen MR) is 134 cm³/mol. The Morgan fingerprint density at radius 3 is 2.50 bits per heavy atom. The summed E-state index contributed by atoms with van der Waals surface area (Å²) in [5.74, 6) is 0.0369. The van der Waals surface area contributed by atoms with Crippen LogP contribution >= 0.6 is 11.8 Å². The second kappa shape index (κ2) is 10.5. The van der Waals surface area contributed by atoms with Crippen molar-refractivity contribution >= 4 is 39.3 Å². The summed E-state index contributed by atoms with van der Waals surface area (Å²) in [6.45, 7) is 5.30. The molecule has 2 aromatic carbocycles. The molecule has 1 fully saturated rings. The molecule has 0 saturated carbocycles. The molecule has 1 saturated heterocycles. The van der Waals surface area contributed by atoms with Gasteiger partial charge in [-0.05, 0) is 42.5 Å². The maximum atomic E-state index is 13.3. The molecule has 182 valence electrons. The zero-order chi connectivity index (χ0) is 24.3. The van der Waals surface area contributed by atoms with Crippen molar-refractivity contribution < 1.29 is 18.0 Å². The summed E-state index contributed by atoms with van der Waals surface area (Å²) in [6, 6.07) is 14.5. The van der Waals surface area contributed by atoms with Crippen molar-refractivity contribution in [3.8, 4) is 0 Å². The SMILES string of the molecule is CC1CCN(S(=O)(=O)c2ccc3c(c2)N(CC(=O)NCc2ccccc2)C(=O)C[C@H](C)S3)CC1. The average Bonchev–Trinajstić information content (AvgIpc) is 2.93. The first-order chi connectivity index (χ1) is 16.2. The number of sulfonamides is 1. The van der Waals surface area contributed by atoms with Gasteiger partial charge in [-0.1, -0.05) is 44.2 Å². The highest BCUT2D eigenvalue weighted by molar-refractivity contribution is 8.00. The third-order valence-corrected chi connectivity index (χ3v) is 9.39. The molecule has 0 spiro atoms. The molecule has 2 heterocycles. The Labute approximate surface area is 205 Å². The van der Waals surface area contributed by atoms with Gasteiger partial charge < -0.3 is 10.2 Å². The van der Waals surface area contributed by atoms with E-state index in [4.69, 9.17) is 0 Å². The summed E-state index contributed by atoms with van der Waals surface area (Å²) in [5, 5.41) is 2.89. The number of hydrogen-bond donors (Lipinski definition) is 1. The van der Waals surface area contributed by atoms with Gasteiger partial charge in [-0.3, -0.25) is 9.59 Å². The quantitative estimate of drug-likeness (QED) is 0.653. The van der Waals surface area contributed by atoms with Crippen LogP contribution in [0.1, 0.15) is 38.7 Å². The molecule has 2 aliphatic rings. The third-order valence-electron chi connectivity index (χ3n) is 6.33. The molecule has 2 aliphatic heterocycles. The van der Waals surface area contributed by atoms with Gasteiger partial charge in [-0.25, -0.2) is 8.42 Å². The molecular formula is C25H31N3O4S2. The van der Waals surface area contributed by atoms with Gasteiger partial charge in [-0.2, -0.15) is 4.31 Å². The van der Waals surface area contributed by atoms with Crippen molar-refractivity contribution in [2.24, 2.45) is 5.92 Å². The highest BCUT2D eigenvalue weighted by atomic mass is 32.2. The number of amides is 2. The van der Waals surface area contributed by atoms with Gasteiger partial charge in [-0.15, -0.1) is 11.8 Å². The second-order valence-corrected chi connectivity index (χ2v) is 12.5. The molecule has 1 N–H and O–H groups in total. The Hall–Kier alpha value is -2.36. The van der Waals surface area contributed by atoms with E-state index in [9.17, 15) is 18.0 Å². The van der Waals surface area contributed by atoms with Gasteiger partial charge in [0, 0.05) is 36.2 Å². The average molecular weight is 502 g/mol. The summed E-state index contributed by atoms with van der Waals surface area (Å²) in [7, 11) is -3.67. The number of thioether (sulfide) groups is 1. The highest BCUT2D eigenvalue weighted by Gasteiger charge is 2.32. The van der Waals surface area contributed by atoms with Gasteiger partial charge in [0.2, 0.25) is 21.8 Å². The monoisotopic (exact) mass is 501 g/mol. The second-order valence-electron chi connectivity index (χ2n) is 9.09. The van der Waals surface area contributed by atoms with Crippen LogP contribution in [0.25, 0.3) is 0 Å². The van der Waals surface area contributed by atoms with Gasteiger partial charge in [0.15, 0.2) is 0 Å². The summed E-state index contributed by atoms with van der Waals surface area (Å²) in [4.78, 5) is 28.2. The van der Waals surface area contributed by atoms with Crippen molar-refractivity contribution in [1.29, 1.82) is 0 Å². The Morgan fingerprint density at radius 1 is 1.09 bits per heavy atom. The maximum Gasteiger partial charge on any atom is 0.243 e. The normalized spacial score (nSPS) is 20.0. The van der Waals surface area contributed by atoms with Crippen molar-refractivity contribution in [2.75, 3.05) is 24.5 Å². The number of nitrogens with zero attached hydrogens (tertiary/aromatic N) is 2. The Kier molecular flexibility index (Phi) is 7.64. The zero-order valence-corrected chi connectivity index (χ0v) is 21.2. The number of fused-ring (bicyclic) bond motifs is 1. The van der Waals surface area contributed by atoms with Crippen LogP contribution in [-0.2, 0) is 26.2 Å². The van der Waals surface area contributed by atoms with Gasteiger partial charge in [0.25, 0.3) is 0 Å². The van der Waals surface area contributed by atoms with E-state index >= 15 is 0 Å². The number of benzene rings is 2. The Balaban J connectivity index is 1.58. The lowest BCUT2D eigenvalue weighted by Gasteiger charge is -2.30. The molecule has 0 unspecified atom stereocenters. The topological polar surface area (TPSA) is 86.8 Å². The number of nitrogens with one attached hydrogen (secondary N) is 1. The van der Waals surface area contributed by atoms with E-state index in [0.717, 1.165) is 23.3 Å². The van der Waals surface area contributed by atoms with Crippen LogP contribution in [0, 0.1) is 5.92 Å². The molecule has 1 atom stereocenters. The first-order valence-electron chi connectivity index (χ1n) is 11.7. The maximum absolute atomic E-state index is 13.3. The van der Waals surface area contributed by atoms with Gasteiger partial charge in [0.05, 0.1) is 10.6 Å². The minimum Gasteiger partial charge on any atom is -0.350 e. The predicted octanol–water partition coefficient (Wildman–Crippen LogP) is 3.64. The largest absolute Gasteiger partial charge is 0.350 e. The lowest BCUT2D eigenvalue weighted by Crippen LogP contribution is -2.41. The van der Waals surface area contributed by atoms with Crippen LogP contribution in [0.15, 0.2) is 58.3 Å². The number of carbonyl (C=O) groups excluding carboxylic acids is 2. The molecule has 2 aromatic rings. The van der Waals surface area contributed by atoms with Gasteiger partial charge in [0.1, 0.15) is 6.54 Å². The van der Waals surface area contributed by atoms with Gasteiger partial charge >= 0.3 is 0 Å². The van der Waals surface area contributed by atoms with Crippen molar-refractivity contribution in [3.63, 3.8) is 0 Å². The number of anilines is 1. The molecule has 2 amide bonds. The van der Waals surface area contributed by atoms with E-state index in [2.05, 4.69) is 12.2 Å². The van der Waals surface area contributed by atoms with E-state index in [1.54, 1.807) is 18.2 Å². The van der Waals surface area contributed by atoms with E-state index in [-0.39, 0.29) is 34.9 Å². The first kappa shape index (κ1) is 24.8. The lowest BCUT2D eigenvalue weighted by atomic mass is 10.0. The molecular weight excluding hydrogens is 470 g/mol. The fourth-order valence-electron chi connectivity index (χ4n) is 4.26. The Bertz CT molecular complexity index is 1150. The standard InChI is InChI=1S/C25H31N3O4S2/c1-18-10-12-27(13-11-18)34(31,32)21-8-9-23-22(15-21)28(25(30)14-19(2)33-23)17-24(29)26-16-20-6-4-3-5-7-20/h3-9,15,18-19H,10-14,16-17H2,1-2H3,(H,26,29)/t19-/m0/s1. The molecule has 0 radical (unpaired) electrons. The first-order valence-corrected chi connectivity index (χ1v) is 14.0. The summed E-state index contributed by atoms with van der Waals surface area (Å²) >= 11 is 1.53. The third kappa shape index (κ3) is 5.64. The summed E-state index contributed by atoms with van der Waals surface area (Å²) < 4.78 is 28.2. The van der Waals surface area contributed by atoms with E-state index in [1.165, 1.54) is 21.0 Å². The molecule has 7 nitrogen and oxygen atoms in total. The zero-order valence-electron chi connectivity index (χ0n) is 19.6. The smallest absolute Gasteiger partial charge is 0.243 e. The van der Waals surface area contributed by atoms with E-state index in [0.29, 0.717) is 31.2 Å². The van der Waals surface area contributed by atoms with Crippen molar-refractivity contribution in [1.82, 2.24) is 9.62 Å². The minimum absolute atomic E-state index is 0.0228. The lowest BCUT2D eigenvalue weighted by molar-refractivity contribution is -0.123. The van der Waals surface area contributed by atoms with Crippen LogP contribution in [-0.4, -0.2) is 49.4 Å². The molecule has 0 aromatic heterocycles. The van der Waals surface area contributed by atoms with E-state index in [1.807, 2.05) is 37.3 Å². The molecule has 34 heavy (non-hydrogen) atoms. The van der Waals surface area contributed by atoms with Crippen LogP contribution in [0.3, 0.4) is 0 Å². The number of rotatable bonds is 6.